The third-order valence-electron chi connectivity index (χ3n) is 4.48. The van der Waals surface area contributed by atoms with E-state index < -0.39 is 17.7 Å². The number of aliphatic hydroxyl groups excluding tert-OH is 1. The summed E-state index contributed by atoms with van der Waals surface area (Å²) in [5.74, 6) is -1.28. The summed E-state index contributed by atoms with van der Waals surface area (Å²) in [6.07, 6.45) is -0.0846. The van der Waals surface area contributed by atoms with Crippen LogP contribution in [0.25, 0.3) is 0 Å². The van der Waals surface area contributed by atoms with Gasteiger partial charge >= 0.3 is 0 Å². The van der Waals surface area contributed by atoms with E-state index in [0.29, 0.717) is 36.4 Å². The Morgan fingerprint density at radius 3 is 2.72 bits per heavy atom. The van der Waals surface area contributed by atoms with Crippen LogP contribution in [0.2, 0.25) is 0 Å². The van der Waals surface area contributed by atoms with Gasteiger partial charge in [-0.2, -0.15) is 5.26 Å². The van der Waals surface area contributed by atoms with Gasteiger partial charge in [-0.15, -0.1) is 0 Å². The van der Waals surface area contributed by atoms with E-state index in [1.807, 2.05) is 11.0 Å². The Balaban J connectivity index is 1.85. The second-order valence-electron chi connectivity index (χ2n) is 6.15. The number of nitriles is 1. The molecule has 130 valence electrons. The molecule has 0 amide bonds. The fourth-order valence-electron chi connectivity index (χ4n) is 3.30. The van der Waals surface area contributed by atoms with Crippen molar-refractivity contribution in [1.82, 2.24) is 4.90 Å². The minimum atomic E-state index is -0.893. The molecule has 0 saturated carbocycles. The molecule has 0 spiro atoms. The lowest BCUT2D eigenvalue weighted by Gasteiger charge is -2.25. The number of hydrogen-bond acceptors (Lipinski definition) is 4. The molecule has 6 heteroatoms. The van der Waals surface area contributed by atoms with Gasteiger partial charge in [-0.25, -0.2) is 8.78 Å². The number of aliphatic hydroxyl groups is 1. The van der Waals surface area contributed by atoms with Crippen molar-refractivity contribution in [3.05, 3.63) is 64.7 Å². The molecule has 25 heavy (non-hydrogen) atoms. The van der Waals surface area contributed by atoms with Crippen LogP contribution in [0, 0.1) is 23.0 Å². The average molecular weight is 344 g/mol. The van der Waals surface area contributed by atoms with E-state index in [9.17, 15) is 19.1 Å². The predicted octanol–water partition coefficient (Wildman–Crippen LogP) is 3.15. The first-order chi connectivity index (χ1) is 12.0. The van der Waals surface area contributed by atoms with E-state index in [-0.39, 0.29) is 6.04 Å². The number of ether oxygens (including phenoxy) is 1. The fourth-order valence-corrected chi connectivity index (χ4v) is 3.30. The third-order valence-corrected chi connectivity index (χ3v) is 4.48. The van der Waals surface area contributed by atoms with Crippen LogP contribution in [0.1, 0.15) is 29.2 Å². The Morgan fingerprint density at radius 2 is 2.04 bits per heavy atom. The zero-order chi connectivity index (χ0) is 18.0. The number of hydrogen-bond donors (Lipinski definition) is 1. The predicted molar refractivity (Wildman–Crippen MR) is 87.8 cm³/mol. The maximum atomic E-state index is 13.6. The summed E-state index contributed by atoms with van der Waals surface area (Å²) in [5.41, 5.74) is 1.95. The minimum absolute atomic E-state index is 0.210. The van der Waals surface area contributed by atoms with Crippen molar-refractivity contribution in [1.29, 1.82) is 5.26 Å². The minimum Gasteiger partial charge on any atom is -0.495 e. The summed E-state index contributed by atoms with van der Waals surface area (Å²) in [6, 6.07) is 11.0. The number of nitrogens with zero attached hydrogens (tertiary/aromatic N) is 2. The highest BCUT2D eigenvalue weighted by atomic mass is 19.2. The first-order valence-electron chi connectivity index (χ1n) is 7.96. The Hall–Kier alpha value is -2.49. The van der Waals surface area contributed by atoms with Crippen molar-refractivity contribution in [3.63, 3.8) is 0 Å². The molecular weight excluding hydrogens is 326 g/mol. The highest BCUT2D eigenvalue weighted by molar-refractivity contribution is 5.45. The van der Waals surface area contributed by atoms with Gasteiger partial charge in [0.15, 0.2) is 11.6 Å². The summed E-state index contributed by atoms with van der Waals surface area (Å²) in [7, 11) is 1.51. The largest absolute Gasteiger partial charge is 0.495 e. The van der Waals surface area contributed by atoms with Gasteiger partial charge in [0.25, 0.3) is 0 Å². The zero-order valence-electron chi connectivity index (χ0n) is 13.7. The molecule has 2 aromatic rings. The van der Waals surface area contributed by atoms with Crippen molar-refractivity contribution in [2.45, 2.75) is 25.1 Å². The molecule has 1 saturated heterocycles. The van der Waals surface area contributed by atoms with Crippen molar-refractivity contribution >= 4 is 0 Å². The van der Waals surface area contributed by atoms with Gasteiger partial charge in [0.05, 0.1) is 18.8 Å². The van der Waals surface area contributed by atoms with E-state index >= 15 is 0 Å². The molecule has 0 aromatic heterocycles. The monoisotopic (exact) mass is 344 g/mol. The van der Waals surface area contributed by atoms with E-state index in [1.54, 1.807) is 18.2 Å². The van der Waals surface area contributed by atoms with Gasteiger partial charge in [0.1, 0.15) is 11.8 Å². The number of benzene rings is 2. The van der Waals surface area contributed by atoms with Crippen LogP contribution in [0.15, 0.2) is 36.4 Å². The lowest BCUT2D eigenvalue weighted by Crippen LogP contribution is -2.24. The SMILES string of the molecule is COc1ccc(CN2C[C@H](O)C[C@@H]2c2ccc(F)c(F)c2)cc1C#N. The van der Waals surface area contributed by atoms with Gasteiger partial charge in [-0.05, 0) is 41.8 Å². The summed E-state index contributed by atoms with van der Waals surface area (Å²) < 4.78 is 31.9. The standard InChI is InChI=1S/C19H18F2N2O2/c1-25-19-5-2-12(6-14(19)9-22)10-23-11-15(24)8-18(23)13-3-4-16(20)17(21)7-13/h2-7,15,18,24H,8,10-11H2,1H3/t15-,18-/m1/s1. The van der Waals surface area contributed by atoms with Gasteiger partial charge in [0, 0.05) is 19.1 Å². The number of rotatable bonds is 4. The smallest absolute Gasteiger partial charge is 0.159 e. The van der Waals surface area contributed by atoms with Gasteiger partial charge < -0.3 is 9.84 Å². The lowest BCUT2D eigenvalue weighted by molar-refractivity contribution is 0.172. The molecule has 1 heterocycles. The van der Waals surface area contributed by atoms with E-state index in [0.717, 1.165) is 11.6 Å². The first-order valence-corrected chi connectivity index (χ1v) is 7.96. The quantitative estimate of drug-likeness (QED) is 0.926. The Labute approximate surface area is 144 Å². The van der Waals surface area contributed by atoms with E-state index in [1.165, 1.54) is 13.2 Å². The molecule has 1 aliphatic rings. The van der Waals surface area contributed by atoms with E-state index in [4.69, 9.17) is 4.74 Å². The lowest BCUT2D eigenvalue weighted by atomic mass is 10.0. The molecular formula is C19H18F2N2O2. The molecule has 0 aliphatic carbocycles. The number of methoxy groups -OCH3 is 1. The van der Waals surface area contributed by atoms with Crippen molar-refractivity contribution in [2.24, 2.45) is 0 Å². The summed E-state index contributed by atoms with van der Waals surface area (Å²) in [5, 5.41) is 19.2. The van der Waals surface area contributed by atoms with Crippen LogP contribution in [0.3, 0.4) is 0 Å². The number of halogens is 2. The van der Waals surface area contributed by atoms with Crippen molar-refractivity contribution < 1.29 is 18.6 Å². The highest BCUT2D eigenvalue weighted by Crippen LogP contribution is 2.34. The Bertz CT molecular complexity index is 820. The van der Waals surface area contributed by atoms with Crippen molar-refractivity contribution in [3.8, 4) is 11.8 Å². The topological polar surface area (TPSA) is 56.5 Å². The number of likely N-dealkylation sites (tertiary alicyclic amines) is 1. The fraction of sp³-hybridized carbons (Fsp3) is 0.316. The van der Waals surface area contributed by atoms with Gasteiger partial charge in [-0.1, -0.05) is 12.1 Å². The summed E-state index contributed by atoms with van der Waals surface area (Å²) >= 11 is 0. The van der Waals surface area contributed by atoms with Crippen molar-refractivity contribution in [2.75, 3.05) is 13.7 Å². The average Bonchev–Trinajstić information content (AvgIpc) is 2.97. The molecule has 1 N–H and O–H groups in total. The third kappa shape index (κ3) is 3.63. The molecule has 4 nitrogen and oxygen atoms in total. The molecule has 2 atom stereocenters. The molecule has 0 radical (unpaired) electrons. The van der Waals surface area contributed by atoms with Crippen LogP contribution >= 0.6 is 0 Å². The van der Waals surface area contributed by atoms with Crippen LogP contribution in [0.5, 0.6) is 5.75 Å². The maximum absolute atomic E-state index is 13.6. The van der Waals surface area contributed by atoms with Crippen LogP contribution in [0.4, 0.5) is 8.78 Å². The van der Waals surface area contributed by atoms with E-state index in [2.05, 4.69) is 6.07 Å². The zero-order valence-corrected chi connectivity index (χ0v) is 13.7. The second kappa shape index (κ2) is 7.18. The maximum Gasteiger partial charge on any atom is 0.159 e. The molecule has 0 unspecified atom stereocenters. The normalized spacial score (nSPS) is 20.4. The molecule has 1 fully saturated rings. The van der Waals surface area contributed by atoms with Crippen LogP contribution in [-0.4, -0.2) is 29.8 Å². The Morgan fingerprint density at radius 1 is 1.24 bits per heavy atom. The molecule has 2 aromatic carbocycles. The summed E-state index contributed by atoms with van der Waals surface area (Å²) in [6.45, 7) is 0.914. The molecule has 0 bridgehead atoms. The number of β-amino-alcohol motifs (C(OH)–C–C–N with tert-alkyl or cyclic N) is 1. The first kappa shape index (κ1) is 17.3. The van der Waals surface area contributed by atoms with Gasteiger partial charge in [0.2, 0.25) is 0 Å². The Kier molecular flexibility index (Phi) is 4.98. The molecule has 3 rings (SSSR count). The van der Waals surface area contributed by atoms with Crippen LogP contribution in [-0.2, 0) is 6.54 Å². The molecule has 1 aliphatic heterocycles. The highest BCUT2D eigenvalue weighted by Gasteiger charge is 2.32. The van der Waals surface area contributed by atoms with Crippen LogP contribution < -0.4 is 4.74 Å². The summed E-state index contributed by atoms with van der Waals surface area (Å²) in [4.78, 5) is 2.00. The second-order valence-corrected chi connectivity index (χ2v) is 6.15. The van der Waals surface area contributed by atoms with Gasteiger partial charge in [-0.3, -0.25) is 4.90 Å².